The first kappa shape index (κ1) is 24.0. The van der Waals surface area contributed by atoms with Crippen LogP contribution >= 0.6 is 11.3 Å². The summed E-state index contributed by atoms with van der Waals surface area (Å²) in [7, 11) is 4.56. The first-order chi connectivity index (χ1) is 18.3. The highest BCUT2D eigenvalue weighted by molar-refractivity contribution is 7.22. The van der Waals surface area contributed by atoms with E-state index in [1.807, 2.05) is 38.1 Å². The Morgan fingerprint density at radius 3 is 2.26 bits per heavy atom. The van der Waals surface area contributed by atoms with Gasteiger partial charge in [0.05, 0.1) is 48.5 Å². The zero-order valence-corrected chi connectivity index (χ0v) is 22.3. The van der Waals surface area contributed by atoms with Gasteiger partial charge in [-0.25, -0.2) is 4.98 Å². The van der Waals surface area contributed by atoms with Gasteiger partial charge < -0.3 is 18.6 Å². The van der Waals surface area contributed by atoms with Crippen molar-refractivity contribution in [3.05, 3.63) is 86.8 Å². The maximum absolute atomic E-state index is 14.0. The van der Waals surface area contributed by atoms with E-state index in [2.05, 4.69) is 0 Å². The predicted octanol–water partition coefficient (Wildman–Crippen LogP) is 5.80. The largest absolute Gasteiger partial charge is 0.493 e. The summed E-state index contributed by atoms with van der Waals surface area (Å²) in [6.45, 7) is 3.91. The fraction of sp³-hybridized carbons (Fsp3) is 0.207. The van der Waals surface area contributed by atoms with Crippen molar-refractivity contribution in [1.82, 2.24) is 4.98 Å². The molecule has 0 spiro atoms. The number of carbonyl (C=O) groups excluding carboxylic acids is 1. The smallest absolute Gasteiger partial charge is 0.297 e. The lowest BCUT2D eigenvalue weighted by molar-refractivity contribution is 0.0971. The van der Waals surface area contributed by atoms with E-state index >= 15 is 0 Å². The van der Waals surface area contributed by atoms with Crippen LogP contribution in [-0.2, 0) is 0 Å². The summed E-state index contributed by atoms with van der Waals surface area (Å²) in [5.41, 5.74) is 3.71. The standard InChI is InChI=1S/C29H24N2O6S/c1-14-7-9-19-17(10-14)25(32)23-24(16-12-20(34-3)26(36-5)21(13-16)35-4)31(28(33)27(23)37-19)29-30-18-8-6-15(2)11-22(18)38-29/h6-13,24H,1-5H3. The van der Waals surface area contributed by atoms with Gasteiger partial charge >= 0.3 is 0 Å². The number of fused-ring (bicyclic) bond motifs is 3. The van der Waals surface area contributed by atoms with Crippen molar-refractivity contribution in [3.63, 3.8) is 0 Å². The zero-order valence-electron chi connectivity index (χ0n) is 21.4. The predicted molar refractivity (Wildman–Crippen MR) is 146 cm³/mol. The Kier molecular flexibility index (Phi) is 5.61. The minimum Gasteiger partial charge on any atom is -0.493 e. The van der Waals surface area contributed by atoms with E-state index in [9.17, 15) is 9.59 Å². The average Bonchev–Trinajstić information content (AvgIpc) is 3.46. The summed E-state index contributed by atoms with van der Waals surface area (Å²) in [5.74, 6) is 0.786. The van der Waals surface area contributed by atoms with Crippen molar-refractivity contribution < 1.29 is 23.4 Å². The Labute approximate surface area is 222 Å². The molecule has 9 heteroatoms. The van der Waals surface area contributed by atoms with Crippen LogP contribution in [0.4, 0.5) is 5.13 Å². The Balaban J connectivity index is 1.66. The first-order valence-corrected chi connectivity index (χ1v) is 12.7. The van der Waals surface area contributed by atoms with E-state index in [1.165, 1.54) is 37.6 Å². The highest BCUT2D eigenvalue weighted by Crippen LogP contribution is 2.47. The molecule has 3 heterocycles. The van der Waals surface area contributed by atoms with E-state index in [0.717, 1.165) is 21.3 Å². The molecule has 0 saturated carbocycles. The Bertz CT molecular complexity index is 1800. The second-order valence-corrected chi connectivity index (χ2v) is 10.2. The lowest BCUT2D eigenvalue weighted by Gasteiger charge is -2.24. The SMILES string of the molecule is COc1cc(C2c3c(oc4ccc(C)cc4c3=O)C(=O)N2c2nc3ccc(C)cc3s2)cc(OC)c1OC. The molecule has 1 amide bonds. The van der Waals surface area contributed by atoms with E-state index < -0.39 is 11.9 Å². The van der Waals surface area contributed by atoms with Gasteiger partial charge in [0, 0.05) is 0 Å². The molecule has 1 atom stereocenters. The summed E-state index contributed by atoms with van der Waals surface area (Å²) in [5, 5.41) is 0.871. The van der Waals surface area contributed by atoms with E-state index in [4.69, 9.17) is 23.6 Å². The number of benzene rings is 3. The molecule has 192 valence electrons. The number of ether oxygens (including phenoxy) is 3. The molecule has 0 N–H and O–H groups in total. The molecule has 1 aliphatic heterocycles. The van der Waals surface area contributed by atoms with Gasteiger partial charge in [-0.05, 0) is 61.4 Å². The summed E-state index contributed by atoms with van der Waals surface area (Å²) in [4.78, 5) is 34.3. The van der Waals surface area contributed by atoms with Gasteiger partial charge in [0.15, 0.2) is 22.1 Å². The molecular formula is C29H24N2O6S. The number of rotatable bonds is 5. The first-order valence-electron chi connectivity index (χ1n) is 11.9. The van der Waals surface area contributed by atoms with Crippen LogP contribution in [-0.4, -0.2) is 32.2 Å². The van der Waals surface area contributed by atoms with Gasteiger partial charge in [0.25, 0.3) is 5.91 Å². The summed E-state index contributed by atoms with van der Waals surface area (Å²) in [6, 6.07) is 13.9. The number of aryl methyl sites for hydroxylation is 2. The van der Waals surface area contributed by atoms with Crippen molar-refractivity contribution in [3.8, 4) is 17.2 Å². The number of aromatic nitrogens is 1. The molecule has 1 aliphatic rings. The molecule has 0 aliphatic carbocycles. The number of anilines is 1. The van der Waals surface area contributed by atoms with Gasteiger partial charge in [0.1, 0.15) is 5.58 Å². The minimum absolute atomic E-state index is 0.000501. The van der Waals surface area contributed by atoms with Crippen molar-refractivity contribution in [1.29, 1.82) is 0 Å². The molecule has 6 rings (SSSR count). The van der Waals surface area contributed by atoms with Gasteiger partial charge in [-0.3, -0.25) is 14.5 Å². The number of hydrogen-bond donors (Lipinski definition) is 0. The number of thiazole rings is 1. The molecule has 8 nitrogen and oxygen atoms in total. The molecule has 38 heavy (non-hydrogen) atoms. The van der Waals surface area contributed by atoms with Crippen LogP contribution in [0.2, 0.25) is 0 Å². The third-order valence-corrected chi connectivity index (χ3v) is 7.78. The van der Waals surface area contributed by atoms with Gasteiger partial charge in [-0.1, -0.05) is 29.0 Å². The molecule has 2 aromatic heterocycles. The summed E-state index contributed by atoms with van der Waals surface area (Å²) >= 11 is 1.38. The molecule has 0 saturated heterocycles. The number of carbonyl (C=O) groups is 1. The molecule has 0 bridgehead atoms. The molecule has 1 unspecified atom stereocenters. The minimum atomic E-state index is -0.825. The quantitative estimate of drug-likeness (QED) is 0.285. The summed E-state index contributed by atoms with van der Waals surface area (Å²) < 4.78 is 23.7. The Morgan fingerprint density at radius 1 is 0.895 bits per heavy atom. The number of methoxy groups -OCH3 is 3. The maximum Gasteiger partial charge on any atom is 0.297 e. The van der Waals surface area contributed by atoms with E-state index in [1.54, 1.807) is 24.3 Å². The lowest BCUT2D eigenvalue weighted by Crippen LogP contribution is -2.29. The van der Waals surface area contributed by atoms with E-state index in [0.29, 0.717) is 38.9 Å². The van der Waals surface area contributed by atoms with Crippen LogP contribution in [0.15, 0.2) is 57.7 Å². The van der Waals surface area contributed by atoms with Crippen LogP contribution in [0.25, 0.3) is 21.2 Å². The average molecular weight is 529 g/mol. The van der Waals surface area contributed by atoms with Gasteiger partial charge in [-0.2, -0.15) is 0 Å². The number of nitrogens with zero attached hydrogens (tertiary/aromatic N) is 2. The van der Waals surface area contributed by atoms with Crippen molar-refractivity contribution in [2.75, 3.05) is 26.2 Å². The molecule has 5 aromatic rings. The zero-order chi connectivity index (χ0) is 26.7. The highest BCUT2D eigenvalue weighted by Gasteiger charge is 2.45. The van der Waals surface area contributed by atoms with Crippen LogP contribution < -0.4 is 24.5 Å². The number of hydrogen-bond acceptors (Lipinski definition) is 8. The van der Waals surface area contributed by atoms with Crippen molar-refractivity contribution >= 4 is 43.6 Å². The number of amides is 1. The van der Waals surface area contributed by atoms with Gasteiger partial charge in [0.2, 0.25) is 11.5 Å². The Morgan fingerprint density at radius 2 is 1.58 bits per heavy atom. The normalized spacial score (nSPS) is 14.8. The fourth-order valence-corrected chi connectivity index (χ4v) is 6.07. The second kappa shape index (κ2) is 8.88. The summed E-state index contributed by atoms with van der Waals surface area (Å²) in [6.07, 6.45) is 0. The van der Waals surface area contributed by atoms with Crippen LogP contribution in [0.1, 0.15) is 38.9 Å². The third kappa shape index (κ3) is 3.53. The Hall–Kier alpha value is -4.37. The van der Waals surface area contributed by atoms with Crippen molar-refractivity contribution in [2.45, 2.75) is 19.9 Å². The monoisotopic (exact) mass is 528 g/mol. The lowest BCUT2D eigenvalue weighted by atomic mass is 9.97. The van der Waals surface area contributed by atoms with Crippen LogP contribution in [0.5, 0.6) is 17.2 Å². The maximum atomic E-state index is 14.0. The molecule has 0 fully saturated rings. The topological polar surface area (TPSA) is 91.1 Å². The van der Waals surface area contributed by atoms with Crippen molar-refractivity contribution in [2.24, 2.45) is 0 Å². The molecular weight excluding hydrogens is 504 g/mol. The molecule has 3 aromatic carbocycles. The third-order valence-electron chi connectivity index (χ3n) is 6.77. The second-order valence-electron chi connectivity index (χ2n) is 9.18. The van der Waals surface area contributed by atoms with Crippen LogP contribution in [0, 0.1) is 13.8 Å². The van der Waals surface area contributed by atoms with E-state index in [-0.39, 0.29) is 16.8 Å². The van der Waals surface area contributed by atoms with Gasteiger partial charge in [-0.15, -0.1) is 0 Å². The fourth-order valence-electron chi connectivity index (χ4n) is 4.98. The van der Waals surface area contributed by atoms with Crippen LogP contribution in [0.3, 0.4) is 0 Å². The molecule has 0 radical (unpaired) electrons. The highest BCUT2D eigenvalue weighted by atomic mass is 32.1.